The molecule has 0 spiro atoms. The third-order valence-electron chi connectivity index (χ3n) is 3.73. The van der Waals surface area contributed by atoms with E-state index in [1.165, 1.54) is 0 Å². The summed E-state index contributed by atoms with van der Waals surface area (Å²) < 4.78 is 34.5. The van der Waals surface area contributed by atoms with Gasteiger partial charge in [0.1, 0.15) is 0 Å². The molecule has 120 valence electrons. The highest BCUT2D eigenvalue weighted by Gasteiger charge is 2.19. The third-order valence-corrected chi connectivity index (χ3v) is 5.16. The third kappa shape index (κ3) is 4.54. The van der Waals surface area contributed by atoms with Crippen LogP contribution in [0.5, 0.6) is 0 Å². The van der Waals surface area contributed by atoms with Crippen molar-refractivity contribution in [1.29, 1.82) is 0 Å². The van der Waals surface area contributed by atoms with Crippen LogP contribution in [-0.2, 0) is 28.4 Å². The Hall–Kier alpha value is -0.890. The molecule has 1 saturated heterocycles. The first kappa shape index (κ1) is 16.5. The molecular formula is C14H25N3O3S. The number of ether oxygens (including phenoxy) is 1. The van der Waals surface area contributed by atoms with Crippen molar-refractivity contribution in [3.05, 3.63) is 18.0 Å². The van der Waals surface area contributed by atoms with Gasteiger partial charge in [0.25, 0.3) is 0 Å². The molecule has 0 aromatic carbocycles. The fourth-order valence-corrected chi connectivity index (χ4v) is 3.60. The number of hydrogen-bond acceptors (Lipinski definition) is 4. The fourth-order valence-electron chi connectivity index (χ4n) is 2.46. The van der Waals surface area contributed by atoms with Crippen molar-refractivity contribution >= 4 is 10.0 Å². The molecule has 21 heavy (non-hydrogen) atoms. The Morgan fingerprint density at radius 3 is 2.95 bits per heavy atom. The van der Waals surface area contributed by atoms with E-state index in [0.29, 0.717) is 18.0 Å². The fraction of sp³-hybridized carbons (Fsp3) is 0.714. The zero-order valence-corrected chi connectivity index (χ0v) is 13.6. The summed E-state index contributed by atoms with van der Waals surface area (Å²) in [5.74, 6) is 0. The van der Waals surface area contributed by atoms with Crippen LogP contribution in [0.2, 0.25) is 0 Å². The molecule has 0 amide bonds. The molecule has 0 bridgehead atoms. The lowest BCUT2D eigenvalue weighted by Gasteiger charge is -2.09. The lowest BCUT2D eigenvalue weighted by molar-refractivity contribution is 0.105. The van der Waals surface area contributed by atoms with Gasteiger partial charge in [0.05, 0.1) is 11.0 Å². The molecule has 1 unspecified atom stereocenters. The largest absolute Gasteiger partial charge is 0.378 e. The minimum Gasteiger partial charge on any atom is -0.378 e. The molecule has 7 heteroatoms. The van der Waals surface area contributed by atoms with Gasteiger partial charge in [0.2, 0.25) is 10.0 Å². The maximum Gasteiger partial charge on any atom is 0.242 e. The highest BCUT2D eigenvalue weighted by atomic mass is 32.2. The Bertz CT molecular complexity index is 548. The molecule has 2 N–H and O–H groups in total. The van der Waals surface area contributed by atoms with Crippen molar-refractivity contribution in [2.75, 3.05) is 19.7 Å². The summed E-state index contributed by atoms with van der Waals surface area (Å²) in [6.45, 7) is 4.76. The molecule has 1 aromatic heterocycles. The standard InChI is InChI=1S/C14H25N3O3S/c1-3-15-10-12-9-14(11-17(12)2)21(18,19)16-7-6-13-5-4-8-20-13/h9,11,13,15-16H,3-8,10H2,1-2H3. The zero-order valence-electron chi connectivity index (χ0n) is 12.8. The van der Waals surface area contributed by atoms with Gasteiger partial charge >= 0.3 is 0 Å². The maximum atomic E-state index is 12.3. The van der Waals surface area contributed by atoms with Crippen LogP contribution in [-0.4, -0.2) is 38.8 Å². The summed E-state index contributed by atoms with van der Waals surface area (Å²) in [7, 11) is -1.57. The van der Waals surface area contributed by atoms with E-state index in [1.807, 2.05) is 18.5 Å². The van der Waals surface area contributed by atoms with Gasteiger partial charge in [-0.1, -0.05) is 6.92 Å². The van der Waals surface area contributed by atoms with Gasteiger partial charge in [0, 0.05) is 38.6 Å². The van der Waals surface area contributed by atoms with E-state index in [4.69, 9.17) is 4.74 Å². The molecule has 0 saturated carbocycles. The molecule has 1 atom stereocenters. The van der Waals surface area contributed by atoms with Crippen LogP contribution in [0.1, 0.15) is 31.9 Å². The number of aromatic nitrogens is 1. The molecule has 1 aliphatic rings. The predicted octanol–water partition coefficient (Wildman–Crippen LogP) is 0.982. The first-order valence-electron chi connectivity index (χ1n) is 7.50. The Morgan fingerprint density at radius 2 is 2.29 bits per heavy atom. The number of aryl methyl sites for hydroxylation is 1. The predicted molar refractivity (Wildman–Crippen MR) is 81.6 cm³/mol. The normalized spacial score (nSPS) is 19.2. The first-order chi connectivity index (χ1) is 10.0. The van der Waals surface area contributed by atoms with Crippen LogP contribution < -0.4 is 10.0 Å². The summed E-state index contributed by atoms with van der Waals surface area (Å²) in [5, 5.41) is 3.20. The number of sulfonamides is 1. The Balaban J connectivity index is 1.91. The van der Waals surface area contributed by atoms with Crippen LogP contribution in [0.25, 0.3) is 0 Å². The van der Waals surface area contributed by atoms with Gasteiger partial charge in [-0.15, -0.1) is 0 Å². The van der Waals surface area contributed by atoms with Crippen LogP contribution >= 0.6 is 0 Å². The number of hydrogen-bond donors (Lipinski definition) is 2. The maximum absolute atomic E-state index is 12.3. The van der Waals surface area contributed by atoms with Crippen molar-refractivity contribution in [2.45, 2.75) is 43.7 Å². The van der Waals surface area contributed by atoms with Gasteiger partial charge in [-0.2, -0.15) is 0 Å². The molecule has 2 rings (SSSR count). The zero-order chi connectivity index (χ0) is 15.3. The van der Waals surface area contributed by atoms with E-state index in [9.17, 15) is 8.42 Å². The first-order valence-corrected chi connectivity index (χ1v) is 8.98. The molecule has 0 radical (unpaired) electrons. The van der Waals surface area contributed by atoms with E-state index < -0.39 is 10.0 Å². The second-order valence-corrected chi connectivity index (χ2v) is 7.15. The Morgan fingerprint density at radius 1 is 1.48 bits per heavy atom. The lowest BCUT2D eigenvalue weighted by atomic mass is 10.2. The highest BCUT2D eigenvalue weighted by Crippen LogP contribution is 2.16. The van der Waals surface area contributed by atoms with Gasteiger partial charge in [0.15, 0.2) is 0 Å². The summed E-state index contributed by atoms with van der Waals surface area (Å²) in [6.07, 6.45) is 4.69. The van der Waals surface area contributed by atoms with Crippen LogP contribution in [0.3, 0.4) is 0 Å². The van der Waals surface area contributed by atoms with E-state index in [2.05, 4.69) is 10.0 Å². The van der Waals surface area contributed by atoms with Gasteiger partial charge < -0.3 is 14.6 Å². The number of nitrogens with zero attached hydrogens (tertiary/aromatic N) is 1. The summed E-state index contributed by atoms with van der Waals surface area (Å²) in [6, 6.07) is 1.72. The molecule has 2 heterocycles. The smallest absolute Gasteiger partial charge is 0.242 e. The summed E-state index contributed by atoms with van der Waals surface area (Å²) in [4.78, 5) is 0.324. The minimum absolute atomic E-state index is 0.202. The van der Waals surface area contributed by atoms with E-state index in [1.54, 1.807) is 12.3 Å². The highest BCUT2D eigenvalue weighted by molar-refractivity contribution is 7.89. The van der Waals surface area contributed by atoms with Gasteiger partial charge in [-0.3, -0.25) is 0 Å². The van der Waals surface area contributed by atoms with Crippen molar-refractivity contribution in [3.8, 4) is 0 Å². The Labute approximate surface area is 126 Å². The molecule has 1 fully saturated rings. The average molecular weight is 315 g/mol. The monoisotopic (exact) mass is 315 g/mol. The SMILES string of the molecule is CCNCc1cc(S(=O)(=O)NCCC2CCCO2)cn1C. The van der Waals surface area contributed by atoms with Crippen molar-refractivity contribution in [2.24, 2.45) is 7.05 Å². The van der Waals surface area contributed by atoms with Crippen LogP contribution in [0, 0.1) is 0 Å². The second kappa shape index (κ2) is 7.40. The minimum atomic E-state index is -3.43. The second-order valence-electron chi connectivity index (χ2n) is 5.38. The number of nitrogens with one attached hydrogen (secondary N) is 2. The van der Waals surface area contributed by atoms with Crippen LogP contribution in [0.4, 0.5) is 0 Å². The van der Waals surface area contributed by atoms with Crippen molar-refractivity contribution in [1.82, 2.24) is 14.6 Å². The molecule has 1 aliphatic heterocycles. The summed E-state index contributed by atoms with van der Waals surface area (Å²) >= 11 is 0. The topological polar surface area (TPSA) is 72.4 Å². The molecule has 1 aromatic rings. The number of rotatable bonds is 8. The van der Waals surface area contributed by atoms with E-state index >= 15 is 0 Å². The average Bonchev–Trinajstić information content (AvgIpc) is 3.06. The summed E-state index contributed by atoms with van der Waals surface area (Å²) in [5.41, 5.74) is 0.955. The van der Waals surface area contributed by atoms with Gasteiger partial charge in [-0.25, -0.2) is 13.1 Å². The molecular weight excluding hydrogens is 290 g/mol. The quantitative estimate of drug-likeness (QED) is 0.750. The van der Waals surface area contributed by atoms with Crippen LogP contribution in [0.15, 0.2) is 17.2 Å². The van der Waals surface area contributed by atoms with E-state index in [-0.39, 0.29) is 6.10 Å². The molecule has 6 nitrogen and oxygen atoms in total. The Kier molecular flexibility index (Phi) is 5.80. The van der Waals surface area contributed by atoms with E-state index in [0.717, 1.165) is 38.1 Å². The lowest BCUT2D eigenvalue weighted by Crippen LogP contribution is -2.27. The van der Waals surface area contributed by atoms with Crippen molar-refractivity contribution < 1.29 is 13.2 Å². The van der Waals surface area contributed by atoms with Gasteiger partial charge in [-0.05, 0) is 31.9 Å². The molecule has 0 aliphatic carbocycles. The van der Waals surface area contributed by atoms with Crippen molar-refractivity contribution in [3.63, 3.8) is 0 Å².